The molecule has 1 aromatic carbocycles. The van der Waals surface area contributed by atoms with Crippen LogP contribution in [0.4, 0.5) is 13.2 Å². The smallest absolute Gasteiger partial charge is 0.273 e. The maximum Gasteiger partial charge on any atom is 0.416 e. The van der Waals surface area contributed by atoms with Crippen molar-refractivity contribution in [1.29, 1.82) is 0 Å². The molecule has 120 valence electrons. The fourth-order valence-corrected chi connectivity index (χ4v) is 2.58. The van der Waals surface area contributed by atoms with Gasteiger partial charge in [-0.25, -0.2) is 5.43 Å². The van der Waals surface area contributed by atoms with E-state index in [0.717, 1.165) is 44.2 Å². The van der Waals surface area contributed by atoms with Crippen LogP contribution in [0.15, 0.2) is 29.4 Å². The summed E-state index contributed by atoms with van der Waals surface area (Å²) in [4.78, 5) is 12.0. The first-order valence-corrected chi connectivity index (χ1v) is 7.39. The Morgan fingerprint density at radius 1 is 1.23 bits per heavy atom. The van der Waals surface area contributed by atoms with E-state index in [0.29, 0.717) is 11.3 Å². The first-order valence-electron chi connectivity index (χ1n) is 7.39. The molecule has 1 fully saturated rings. The van der Waals surface area contributed by atoms with Gasteiger partial charge in [-0.15, -0.1) is 0 Å². The second kappa shape index (κ2) is 6.94. The number of carbonyl (C=O) groups excluding carboxylic acids is 1. The molecule has 1 saturated carbocycles. The number of nitrogens with one attached hydrogen (secondary N) is 1. The third-order valence-corrected chi connectivity index (χ3v) is 3.92. The molecule has 1 amide bonds. The summed E-state index contributed by atoms with van der Waals surface area (Å²) >= 11 is 0. The Bertz CT molecular complexity index is 561. The molecule has 3 nitrogen and oxygen atoms in total. The molecule has 0 atom stereocenters. The Kier molecular flexibility index (Phi) is 5.21. The molecule has 0 radical (unpaired) electrons. The predicted octanol–water partition coefficient (Wildman–Crippen LogP) is 4.13. The Hall–Kier alpha value is -1.85. The van der Waals surface area contributed by atoms with Crippen molar-refractivity contribution < 1.29 is 18.0 Å². The Labute approximate surface area is 127 Å². The number of nitrogens with zero attached hydrogens (tertiary/aromatic N) is 1. The normalized spacial score (nSPS) is 17.4. The summed E-state index contributed by atoms with van der Waals surface area (Å²) in [6.45, 7) is 1.58. The third-order valence-electron chi connectivity index (χ3n) is 3.92. The highest BCUT2D eigenvalue weighted by Crippen LogP contribution is 2.29. The highest BCUT2D eigenvalue weighted by molar-refractivity contribution is 5.99. The van der Waals surface area contributed by atoms with Crippen LogP contribution in [0.5, 0.6) is 0 Å². The van der Waals surface area contributed by atoms with Crippen molar-refractivity contribution in [2.45, 2.75) is 45.2 Å². The lowest BCUT2D eigenvalue weighted by molar-refractivity contribution is -0.137. The van der Waals surface area contributed by atoms with Gasteiger partial charge in [0.25, 0.3) is 0 Å². The SMILES string of the molecule is C/C(=N\NC(=O)C1CCCCC1)c1cccc(C(F)(F)F)c1. The summed E-state index contributed by atoms with van der Waals surface area (Å²) in [7, 11) is 0. The standard InChI is InChI=1S/C16H19F3N2O/c1-11(13-8-5-9-14(10-13)16(17,18)19)20-21-15(22)12-6-3-2-4-7-12/h5,8-10,12H,2-4,6-7H2,1H3,(H,21,22)/b20-11+. The summed E-state index contributed by atoms with van der Waals surface area (Å²) < 4.78 is 38.0. The Balaban J connectivity index is 2.04. The van der Waals surface area contributed by atoms with Crippen LogP contribution in [0.25, 0.3) is 0 Å². The number of halogens is 3. The van der Waals surface area contributed by atoms with Crippen LogP contribution in [0.3, 0.4) is 0 Å². The molecule has 1 aliphatic carbocycles. The first kappa shape index (κ1) is 16.5. The van der Waals surface area contributed by atoms with Crippen LogP contribution in [0, 0.1) is 5.92 Å². The number of alkyl halides is 3. The van der Waals surface area contributed by atoms with Gasteiger partial charge in [0.05, 0.1) is 11.3 Å². The van der Waals surface area contributed by atoms with Crippen molar-refractivity contribution in [3.8, 4) is 0 Å². The summed E-state index contributed by atoms with van der Waals surface area (Å²) in [6.07, 6.45) is 0.536. The predicted molar refractivity (Wildman–Crippen MR) is 78.4 cm³/mol. The number of hydrogen-bond acceptors (Lipinski definition) is 2. The average Bonchev–Trinajstić information content (AvgIpc) is 2.52. The molecule has 1 N–H and O–H groups in total. The lowest BCUT2D eigenvalue weighted by Gasteiger charge is -2.19. The van der Waals surface area contributed by atoms with Crippen LogP contribution < -0.4 is 5.43 Å². The van der Waals surface area contributed by atoms with Gasteiger partial charge in [-0.2, -0.15) is 18.3 Å². The summed E-state index contributed by atoms with van der Waals surface area (Å²) in [5, 5.41) is 3.94. The molecule has 1 aromatic rings. The molecule has 22 heavy (non-hydrogen) atoms. The van der Waals surface area contributed by atoms with Gasteiger partial charge in [-0.1, -0.05) is 31.4 Å². The van der Waals surface area contributed by atoms with E-state index < -0.39 is 11.7 Å². The summed E-state index contributed by atoms with van der Waals surface area (Å²) in [6, 6.07) is 4.92. The molecule has 0 aromatic heterocycles. The van der Waals surface area contributed by atoms with Gasteiger partial charge < -0.3 is 0 Å². The summed E-state index contributed by atoms with van der Waals surface area (Å²) in [5.41, 5.74) is 2.46. The second-order valence-electron chi connectivity index (χ2n) is 5.59. The van der Waals surface area contributed by atoms with Crippen LogP contribution in [-0.4, -0.2) is 11.6 Å². The third kappa shape index (κ3) is 4.32. The lowest BCUT2D eigenvalue weighted by Crippen LogP contribution is -2.29. The van der Waals surface area contributed by atoms with E-state index in [1.165, 1.54) is 6.07 Å². The fraction of sp³-hybridized carbons (Fsp3) is 0.500. The van der Waals surface area contributed by atoms with Crippen molar-refractivity contribution in [1.82, 2.24) is 5.43 Å². The van der Waals surface area contributed by atoms with Crippen molar-refractivity contribution in [3.63, 3.8) is 0 Å². The zero-order valence-corrected chi connectivity index (χ0v) is 12.4. The molecule has 0 heterocycles. The number of amides is 1. The van der Waals surface area contributed by atoms with Gasteiger partial charge in [0, 0.05) is 5.92 Å². The van der Waals surface area contributed by atoms with Crippen LogP contribution in [0.1, 0.15) is 50.2 Å². The van der Waals surface area contributed by atoms with Crippen molar-refractivity contribution in [2.75, 3.05) is 0 Å². The quantitative estimate of drug-likeness (QED) is 0.662. The van der Waals surface area contributed by atoms with E-state index >= 15 is 0 Å². The molecule has 0 bridgehead atoms. The van der Waals surface area contributed by atoms with Gasteiger partial charge in [0.1, 0.15) is 0 Å². The minimum Gasteiger partial charge on any atom is -0.273 e. The number of hydrazone groups is 1. The van der Waals surface area contributed by atoms with E-state index in [1.807, 2.05) is 0 Å². The number of carbonyl (C=O) groups is 1. The van der Waals surface area contributed by atoms with E-state index in [4.69, 9.17) is 0 Å². The zero-order valence-electron chi connectivity index (χ0n) is 12.4. The number of rotatable bonds is 3. The van der Waals surface area contributed by atoms with Gasteiger partial charge in [0.2, 0.25) is 5.91 Å². The van der Waals surface area contributed by atoms with Crippen LogP contribution >= 0.6 is 0 Å². The highest BCUT2D eigenvalue weighted by atomic mass is 19.4. The molecule has 0 unspecified atom stereocenters. The number of benzene rings is 1. The van der Waals surface area contributed by atoms with Crippen LogP contribution in [-0.2, 0) is 11.0 Å². The molecule has 0 saturated heterocycles. The van der Waals surface area contributed by atoms with E-state index in [9.17, 15) is 18.0 Å². The van der Waals surface area contributed by atoms with Crippen molar-refractivity contribution in [2.24, 2.45) is 11.0 Å². The van der Waals surface area contributed by atoms with Crippen molar-refractivity contribution >= 4 is 11.6 Å². The van der Waals surface area contributed by atoms with Gasteiger partial charge in [0.15, 0.2) is 0 Å². The van der Waals surface area contributed by atoms with Gasteiger partial charge in [-0.05, 0) is 37.5 Å². The van der Waals surface area contributed by atoms with Gasteiger partial charge in [-0.3, -0.25) is 4.79 Å². The average molecular weight is 312 g/mol. The molecular weight excluding hydrogens is 293 g/mol. The topological polar surface area (TPSA) is 41.5 Å². The van der Waals surface area contributed by atoms with Crippen LogP contribution in [0.2, 0.25) is 0 Å². The fourth-order valence-electron chi connectivity index (χ4n) is 2.58. The minimum absolute atomic E-state index is 0.0354. The summed E-state index contributed by atoms with van der Waals surface area (Å²) in [5.74, 6) is -0.183. The first-order chi connectivity index (χ1) is 10.4. The lowest BCUT2D eigenvalue weighted by atomic mass is 9.89. The zero-order chi connectivity index (χ0) is 16.2. The molecule has 1 aliphatic rings. The monoisotopic (exact) mass is 312 g/mol. The maximum absolute atomic E-state index is 12.7. The largest absolute Gasteiger partial charge is 0.416 e. The molecule has 6 heteroatoms. The van der Waals surface area contributed by atoms with E-state index in [-0.39, 0.29) is 11.8 Å². The minimum atomic E-state index is -4.39. The van der Waals surface area contributed by atoms with E-state index in [2.05, 4.69) is 10.5 Å². The molecule has 0 spiro atoms. The van der Waals surface area contributed by atoms with E-state index in [1.54, 1.807) is 13.0 Å². The van der Waals surface area contributed by atoms with Crippen molar-refractivity contribution in [3.05, 3.63) is 35.4 Å². The second-order valence-corrected chi connectivity index (χ2v) is 5.59. The molecular formula is C16H19F3N2O. The maximum atomic E-state index is 12.7. The van der Waals surface area contributed by atoms with Gasteiger partial charge >= 0.3 is 6.18 Å². The Morgan fingerprint density at radius 2 is 1.91 bits per heavy atom. The molecule has 0 aliphatic heterocycles. The molecule has 2 rings (SSSR count). The Morgan fingerprint density at radius 3 is 2.55 bits per heavy atom. The number of hydrogen-bond donors (Lipinski definition) is 1. The highest BCUT2D eigenvalue weighted by Gasteiger charge is 2.30.